The predicted octanol–water partition coefficient (Wildman–Crippen LogP) is 4.38. The predicted molar refractivity (Wildman–Crippen MR) is 118 cm³/mol. The van der Waals surface area contributed by atoms with E-state index in [4.69, 9.17) is 9.97 Å². The van der Waals surface area contributed by atoms with Crippen LogP contribution in [-0.4, -0.2) is 32.6 Å². The van der Waals surface area contributed by atoms with Crippen LogP contribution in [0, 0.1) is 6.92 Å². The quantitative estimate of drug-likeness (QED) is 0.560. The first-order valence-corrected chi connectivity index (χ1v) is 11.3. The molecule has 0 radical (unpaired) electrons. The maximum atomic E-state index is 11.4. The van der Waals surface area contributed by atoms with E-state index >= 15 is 0 Å². The minimum absolute atomic E-state index is 0.0180. The molecule has 0 spiro atoms. The molecule has 156 valence electrons. The second-order valence-corrected chi connectivity index (χ2v) is 8.71. The number of aryl methyl sites for hydroxylation is 4. The Bertz CT molecular complexity index is 1030. The summed E-state index contributed by atoms with van der Waals surface area (Å²) in [5.74, 6) is -0.0506. The number of nitrogens with zero attached hydrogens (tertiary/aromatic N) is 3. The van der Waals surface area contributed by atoms with Gasteiger partial charge in [-0.25, -0.2) is 9.97 Å². The van der Waals surface area contributed by atoms with E-state index in [2.05, 4.69) is 27.8 Å². The first-order valence-electron chi connectivity index (χ1n) is 10.4. The van der Waals surface area contributed by atoms with Crippen LogP contribution < -0.4 is 5.32 Å². The summed E-state index contributed by atoms with van der Waals surface area (Å²) in [7, 11) is 0. The van der Waals surface area contributed by atoms with Crippen molar-refractivity contribution in [3.05, 3.63) is 69.1 Å². The Balaban J connectivity index is 1.40. The molecule has 30 heavy (non-hydrogen) atoms. The normalized spacial score (nSPS) is 14.0. The minimum atomic E-state index is -0.828. The zero-order valence-electron chi connectivity index (χ0n) is 17.1. The van der Waals surface area contributed by atoms with Crippen molar-refractivity contribution in [2.75, 3.05) is 11.9 Å². The van der Waals surface area contributed by atoms with Gasteiger partial charge in [-0.15, -0.1) is 11.3 Å². The zero-order valence-corrected chi connectivity index (χ0v) is 17.9. The fourth-order valence-electron chi connectivity index (χ4n) is 3.85. The molecule has 0 bridgehead atoms. The zero-order chi connectivity index (χ0) is 20.9. The molecule has 0 aromatic carbocycles. The first-order chi connectivity index (χ1) is 14.6. The maximum absolute atomic E-state index is 11.4. The lowest BCUT2D eigenvalue weighted by Gasteiger charge is -2.17. The number of carbonyl (C=O) groups is 1. The standard InChI is InChI=1S/C23H26N4O2S/c1-15-10-17(13-24-12-15)20(11-21(28)29)23-27-19(14-30-23)6-2-5-18-8-7-16-4-3-9-25-22(16)26-18/h7-8,10,12-14,20H,2-6,9,11H2,1H3,(H,25,26)(H,28,29)/t20-/m1/s1. The minimum Gasteiger partial charge on any atom is -0.481 e. The molecule has 7 heteroatoms. The van der Waals surface area contributed by atoms with Gasteiger partial charge in [0.1, 0.15) is 10.8 Å². The molecule has 6 nitrogen and oxygen atoms in total. The average molecular weight is 423 g/mol. The molecule has 0 saturated carbocycles. The number of rotatable bonds is 8. The number of anilines is 1. The summed E-state index contributed by atoms with van der Waals surface area (Å²) in [5, 5.41) is 15.7. The van der Waals surface area contributed by atoms with Crippen LogP contribution in [0.15, 0.2) is 36.0 Å². The number of hydrogen-bond acceptors (Lipinski definition) is 6. The third-order valence-corrected chi connectivity index (χ3v) is 6.37. The Morgan fingerprint density at radius 1 is 1.23 bits per heavy atom. The van der Waals surface area contributed by atoms with Gasteiger partial charge in [0.05, 0.1) is 12.1 Å². The number of carboxylic acid groups (broad SMARTS) is 1. The van der Waals surface area contributed by atoms with Crippen molar-refractivity contribution in [1.29, 1.82) is 0 Å². The molecular formula is C23H26N4O2S. The summed E-state index contributed by atoms with van der Waals surface area (Å²) >= 11 is 1.54. The summed E-state index contributed by atoms with van der Waals surface area (Å²) in [6.45, 7) is 2.96. The Morgan fingerprint density at radius 2 is 2.10 bits per heavy atom. The highest BCUT2D eigenvalue weighted by Gasteiger charge is 2.22. The Kier molecular flexibility index (Phi) is 6.38. The van der Waals surface area contributed by atoms with Crippen LogP contribution in [0.1, 0.15) is 58.3 Å². The van der Waals surface area contributed by atoms with E-state index in [1.54, 1.807) is 12.4 Å². The molecule has 0 aliphatic carbocycles. The summed E-state index contributed by atoms with van der Waals surface area (Å²) < 4.78 is 0. The molecule has 3 aromatic rings. The third kappa shape index (κ3) is 5.02. The number of carboxylic acids is 1. The van der Waals surface area contributed by atoms with E-state index in [1.165, 1.54) is 23.3 Å². The van der Waals surface area contributed by atoms with Crippen molar-refractivity contribution in [2.24, 2.45) is 0 Å². The number of pyridine rings is 2. The molecule has 0 saturated heterocycles. The number of aromatic nitrogens is 3. The van der Waals surface area contributed by atoms with E-state index in [1.807, 2.05) is 13.0 Å². The molecular weight excluding hydrogens is 396 g/mol. The largest absolute Gasteiger partial charge is 0.481 e. The first kappa shape index (κ1) is 20.5. The number of aliphatic carboxylic acids is 1. The highest BCUT2D eigenvalue weighted by molar-refractivity contribution is 7.09. The van der Waals surface area contributed by atoms with Gasteiger partial charge in [-0.3, -0.25) is 9.78 Å². The van der Waals surface area contributed by atoms with Crippen molar-refractivity contribution in [3.8, 4) is 0 Å². The summed E-state index contributed by atoms with van der Waals surface area (Å²) in [6.07, 6.45) is 8.54. The number of nitrogens with one attached hydrogen (secondary N) is 1. The van der Waals surface area contributed by atoms with E-state index in [-0.39, 0.29) is 12.3 Å². The van der Waals surface area contributed by atoms with Crippen LogP contribution in [-0.2, 0) is 24.1 Å². The van der Waals surface area contributed by atoms with Gasteiger partial charge < -0.3 is 10.4 Å². The van der Waals surface area contributed by atoms with Crippen LogP contribution in [0.5, 0.6) is 0 Å². The van der Waals surface area contributed by atoms with Crippen LogP contribution >= 0.6 is 11.3 Å². The lowest BCUT2D eigenvalue weighted by atomic mass is 9.97. The lowest BCUT2D eigenvalue weighted by Crippen LogP contribution is -2.14. The van der Waals surface area contributed by atoms with Gasteiger partial charge in [0.2, 0.25) is 0 Å². The molecule has 2 N–H and O–H groups in total. The summed E-state index contributed by atoms with van der Waals surface area (Å²) in [5.41, 5.74) is 5.36. The highest BCUT2D eigenvalue weighted by Crippen LogP contribution is 2.31. The van der Waals surface area contributed by atoms with Crippen molar-refractivity contribution in [3.63, 3.8) is 0 Å². The van der Waals surface area contributed by atoms with Gasteiger partial charge in [-0.05, 0) is 61.8 Å². The van der Waals surface area contributed by atoms with Gasteiger partial charge in [0, 0.05) is 35.9 Å². The SMILES string of the molecule is Cc1cncc([C@@H](CC(=O)O)c2nc(CCCc3ccc4c(n3)NCCC4)cs2)c1. The average Bonchev–Trinajstić information content (AvgIpc) is 3.20. The molecule has 0 fully saturated rings. The Hall–Kier alpha value is -2.80. The van der Waals surface area contributed by atoms with Crippen LogP contribution in [0.2, 0.25) is 0 Å². The van der Waals surface area contributed by atoms with Gasteiger partial charge in [-0.1, -0.05) is 12.1 Å². The fourth-order valence-corrected chi connectivity index (χ4v) is 4.83. The van der Waals surface area contributed by atoms with Gasteiger partial charge in [0.25, 0.3) is 0 Å². The fraction of sp³-hybridized carbons (Fsp3) is 0.391. The molecule has 4 rings (SSSR count). The van der Waals surface area contributed by atoms with Crippen molar-refractivity contribution >= 4 is 23.1 Å². The number of fused-ring (bicyclic) bond motifs is 1. The van der Waals surface area contributed by atoms with Crippen molar-refractivity contribution in [2.45, 2.75) is 51.4 Å². The van der Waals surface area contributed by atoms with Gasteiger partial charge in [-0.2, -0.15) is 0 Å². The molecule has 3 aromatic heterocycles. The number of thiazole rings is 1. The molecule has 1 atom stereocenters. The molecule has 1 aliphatic heterocycles. The van der Waals surface area contributed by atoms with Crippen molar-refractivity contribution in [1.82, 2.24) is 15.0 Å². The van der Waals surface area contributed by atoms with E-state index in [9.17, 15) is 9.90 Å². The molecule has 1 aliphatic rings. The van der Waals surface area contributed by atoms with E-state index in [0.717, 1.165) is 65.6 Å². The monoisotopic (exact) mass is 422 g/mol. The smallest absolute Gasteiger partial charge is 0.304 e. The highest BCUT2D eigenvalue weighted by atomic mass is 32.1. The lowest BCUT2D eigenvalue weighted by molar-refractivity contribution is -0.137. The second-order valence-electron chi connectivity index (χ2n) is 7.82. The van der Waals surface area contributed by atoms with Gasteiger partial charge >= 0.3 is 5.97 Å². The maximum Gasteiger partial charge on any atom is 0.304 e. The third-order valence-electron chi connectivity index (χ3n) is 5.36. The van der Waals surface area contributed by atoms with Crippen LogP contribution in [0.3, 0.4) is 0 Å². The van der Waals surface area contributed by atoms with Crippen LogP contribution in [0.4, 0.5) is 5.82 Å². The second kappa shape index (κ2) is 9.34. The van der Waals surface area contributed by atoms with Crippen molar-refractivity contribution < 1.29 is 9.90 Å². The molecule has 0 amide bonds. The molecule has 4 heterocycles. The van der Waals surface area contributed by atoms with Crippen LogP contribution in [0.25, 0.3) is 0 Å². The Morgan fingerprint density at radius 3 is 2.93 bits per heavy atom. The molecule has 0 unspecified atom stereocenters. The summed E-state index contributed by atoms with van der Waals surface area (Å²) in [6, 6.07) is 6.32. The van der Waals surface area contributed by atoms with Gasteiger partial charge in [0.15, 0.2) is 0 Å². The van der Waals surface area contributed by atoms with E-state index < -0.39 is 5.97 Å². The summed E-state index contributed by atoms with van der Waals surface area (Å²) in [4.78, 5) is 25.2. The Labute approximate surface area is 180 Å². The van der Waals surface area contributed by atoms with E-state index in [0.29, 0.717) is 0 Å². The topological polar surface area (TPSA) is 88.0 Å². The number of hydrogen-bond donors (Lipinski definition) is 2.